The predicted octanol–water partition coefficient (Wildman–Crippen LogP) is 3.07. The van der Waals surface area contributed by atoms with Gasteiger partial charge in [0, 0.05) is 0 Å². The molecule has 4 heteroatoms. The number of nitrogens with one attached hydrogen (secondary N) is 1. The van der Waals surface area contributed by atoms with Gasteiger partial charge in [0.05, 0.1) is 11.4 Å². The highest BCUT2D eigenvalue weighted by atomic mass is 16.5. The lowest BCUT2D eigenvalue weighted by Crippen LogP contribution is -2.04. The van der Waals surface area contributed by atoms with Crippen molar-refractivity contribution in [1.29, 1.82) is 0 Å². The second-order valence-electron chi connectivity index (χ2n) is 3.57. The Balaban J connectivity index is 2.08. The summed E-state index contributed by atoms with van der Waals surface area (Å²) >= 11 is 0. The van der Waals surface area contributed by atoms with Crippen molar-refractivity contribution in [3.8, 4) is 17.2 Å². The van der Waals surface area contributed by atoms with E-state index < -0.39 is 0 Å². The summed E-state index contributed by atoms with van der Waals surface area (Å²) in [5.74, 6) is 1.64. The molecular weight excluding hydrogens is 218 g/mol. The van der Waals surface area contributed by atoms with Crippen LogP contribution in [0.1, 0.15) is 0 Å². The molecule has 0 fully saturated rings. The fraction of sp³-hybridized carbons (Fsp3) is 0. The minimum absolute atomic E-state index is 0.388. The smallest absolute Gasteiger partial charge is 0.298 e. The molecule has 2 aromatic rings. The molecule has 0 spiro atoms. The van der Waals surface area contributed by atoms with Crippen molar-refractivity contribution in [3.05, 3.63) is 42.5 Å². The van der Waals surface area contributed by atoms with E-state index >= 15 is 0 Å². The number of fused-ring (bicyclic) bond motifs is 2. The molecule has 1 heterocycles. The lowest BCUT2D eigenvalue weighted by molar-refractivity contribution is -0.120. The quantitative estimate of drug-likeness (QED) is 0.683. The van der Waals surface area contributed by atoms with E-state index in [1.165, 1.54) is 0 Å². The molecule has 0 aromatic heterocycles. The molecule has 84 valence electrons. The summed E-state index contributed by atoms with van der Waals surface area (Å²) in [6, 6.07) is 12.9. The Hall–Kier alpha value is -2.49. The molecule has 4 nitrogen and oxygen atoms in total. The van der Waals surface area contributed by atoms with Gasteiger partial charge in [-0.05, 0) is 24.3 Å². The van der Waals surface area contributed by atoms with Gasteiger partial charge >= 0.3 is 0 Å². The van der Waals surface area contributed by atoms with Gasteiger partial charge in [0.2, 0.25) is 0 Å². The number of anilines is 2. The number of hydrogen-bond donors (Lipinski definition) is 1. The third kappa shape index (κ3) is 1.59. The van der Waals surface area contributed by atoms with Crippen molar-refractivity contribution in [2.75, 3.05) is 5.32 Å². The zero-order chi connectivity index (χ0) is 11.7. The van der Waals surface area contributed by atoms with Crippen LogP contribution >= 0.6 is 0 Å². The number of hydrogen-bond acceptors (Lipinski definition) is 4. The van der Waals surface area contributed by atoms with Gasteiger partial charge in [-0.1, -0.05) is 18.2 Å². The summed E-state index contributed by atoms with van der Waals surface area (Å²) in [5.41, 5.74) is 1.67. The van der Waals surface area contributed by atoms with Gasteiger partial charge in [-0.15, -0.1) is 0 Å². The first-order chi connectivity index (χ1) is 8.38. The molecule has 2 aromatic carbocycles. The van der Waals surface area contributed by atoms with Crippen LogP contribution in [0.25, 0.3) is 0 Å². The zero-order valence-electron chi connectivity index (χ0n) is 8.84. The van der Waals surface area contributed by atoms with Gasteiger partial charge in [-0.2, -0.15) is 0 Å². The first-order valence-corrected chi connectivity index (χ1v) is 5.16. The maximum Gasteiger partial charge on any atom is 0.298 e. The summed E-state index contributed by atoms with van der Waals surface area (Å²) < 4.78 is 10.6. The highest BCUT2D eigenvalue weighted by Gasteiger charge is 2.19. The Bertz CT molecular complexity index is 581. The van der Waals surface area contributed by atoms with Gasteiger partial charge in [0.25, 0.3) is 6.47 Å². The zero-order valence-corrected chi connectivity index (χ0v) is 8.84. The van der Waals surface area contributed by atoms with Crippen LogP contribution in [0, 0.1) is 0 Å². The molecule has 0 saturated heterocycles. The minimum Gasteiger partial charge on any atom is -0.449 e. The molecule has 1 aliphatic rings. The highest BCUT2D eigenvalue weighted by molar-refractivity contribution is 5.78. The summed E-state index contributed by atoms with van der Waals surface area (Å²) in [5, 5.41) is 3.22. The van der Waals surface area contributed by atoms with E-state index in [0.29, 0.717) is 23.7 Å². The normalized spacial score (nSPS) is 11.5. The molecule has 0 unspecified atom stereocenters. The van der Waals surface area contributed by atoms with Crippen molar-refractivity contribution in [3.63, 3.8) is 0 Å². The number of carbonyl (C=O) groups is 1. The van der Waals surface area contributed by atoms with Crippen LogP contribution in [0.15, 0.2) is 42.5 Å². The van der Waals surface area contributed by atoms with Crippen molar-refractivity contribution in [2.24, 2.45) is 0 Å². The number of para-hydroxylation sites is 3. The summed E-state index contributed by atoms with van der Waals surface area (Å²) in [7, 11) is 0. The fourth-order valence-corrected chi connectivity index (χ4v) is 1.78. The largest absolute Gasteiger partial charge is 0.449 e. The predicted molar refractivity (Wildman–Crippen MR) is 62.9 cm³/mol. The van der Waals surface area contributed by atoms with E-state index in [1.54, 1.807) is 12.1 Å². The number of carbonyl (C=O) groups excluding carboxylic acids is 1. The van der Waals surface area contributed by atoms with Gasteiger partial charge in [0.15, 0.2) is 17.2 Å². The summed E-state index contributed by atoms with van der Waals surface area (Å²) in [4.78, 5) is 10.4. The van der Waals surface area contributed by atoms with Crippen LogP contribution in [0.4, 0.5) is 11.4 Å². The van der Waals surface area contributed by atoms with E-state index in [-0.39, 0.29) is 0 Å². The van der Waals surface area contributed by atoms with Crippen molar-refractivity contribution < 1.29 is 14.3 Å². The average Bonchev–Trinajstić information content (AvgIpc) is 2.37. The molecule has 0 saturated carbocycles. The maximum atomic E-state index is 10.4. The van der Waals surface area contributed by atoms with Crippen LogP contribution in [0.3, 0.4) is 0 Å². The lowest BCUT2D eigenvalue weighted by Gasteiger charge is -2.22. The third-order valence-corrected chi connectivity index (χ3v) is 2.52. The van der Waals surface area contributed by atoms with Crippen molar-refractivity contribution in [2.45, 2.75) is 0 Å². The molecule has 0 radical (unpaired) electrons. The Morgan fingerprint density at radius 3 is 2.76 bits per heavy atom. The fourth-order valence-electron chi connectivity index (χ4n) is 1.78. The first-order valence-electron chi connectivity index (χ1n) is 5.16. The second kappa shape index (κ2) is 3.83. The summed E-state index contributed by atoms with van der Waals surface area (Å²) in [6.45, 7) is 0.388. The van der Waals surface area contributed by atoms with Crippen molar-refractivity contribution >= 4 is 17.8 Å². The van der Waals surface area contributed by atoms with E-state index in [9.17, 15) is 4.79 Å². The van der Waals surface area contributed by atoms with Crippen LogP contribution in [-0.2, 0) is 4.79 Å². The number of rotatable bonds is 2. The maximum absolute atomic E-state index is 10.4. The third-order valence-electron chi connectivity index (χ3n) is 2.52. The molecule has 0 amide bonds. The Labute approximate surface area is 97.8 Å². The van der Waals surface area contributed by atoms with E-state index in [1.807, 2.05) is 30.3 Å². The Kier molecular flexibility index (Phi) is 2.19. The second-order valence-corrected chi connectivity index (χ2v) is 3.57. The standard InChI is InChI=1S/C13H9NO3/c15-8-16-12-7-3-5-10-13(12)17-11-6-2-1-4-9(11)14-10/h1-8,14H. The molecule has 1 aliphatic heterocycles. The number of benzene rings is 2. The van der Waals surface area contributed by atoms with Crippen LogP contribution < -0.4 is 14.8 Å². The minimum atomic E-state index is 0.388. The SMILES string of the molecule is O=COc1cccc2c1Oc1ccccc1N2. The first kappa shape index (κ1) is 9.72. The lowest BCUT2D eigenvalue weighted by atomic mass is 10.2. The van der Waals surface area contributed by atoms with Gasteiger partial charge in [-0.3, -0.25) is 4.79 Å². The van der Waals surface area contributed by atoms with E-state index in [2.05, 4.69) is 5.32 Å². The van der Waals surface area contributed by atoms with E-state index in [4.69, 9.17) is 9.47 Å². The van der Waals surface area contributed by atoms with Crippen LogP contribution in [-0.4, -0.2) is 6.47 Å². The van der Waals surface area contributed by atoms with Gasteiger partial charge in [0.1, 0.15) is 0 Å². The van der Waals surface area contributed by atoms with Gasteiger partial charge < -0.3 is 14.8 Å². The highest BCUT2D eigenvalue weighted by Crippen LogP contribution is 2.46. The monoisotopic (exact) mass is 227 g/mol. The number of ether oxygens (including phenoxy) is 2. The molecule has 17 heavy (non-hydrogen) atoms. The van der Waals surface area contributed by atoms with Crippen LogP contribution in [0.5, 0.6) is 17.2 Å². The topological polar surface area (TPSA) is 47.6 Å². The van der Waals surface area contributed by atoms with Crippen molar-refractivity contribution in [1.82, 2.24) is 0 Å². The average molecular weight is 227 g/mol. The van der Waals surface area contributed by atoms with E-state index in [0.717, 1.165) is 11.4 Å². The molecular formula is C13H9NO3. The molecule has 0 atom stereocenters. The van der Waals surface area contributed by atoms with Crippen LogP contribution in [0.2, 0.25) is 0 Å². The molecule has 1 N–H and O–H groups in total. The summed E-state index contributed by atoms with van der Waals surface area (Å²) in [6.07, 6.45) is 0. The molecule has 0 bridgehead atoms. The molecule has 0 aliphatic carbocycles. The van der Waals surface area contributed by atoms with Gasteiger partial charge in [-0.25, -0.2) is 0 Å². The Morgan fingerprint density at radius 1 is 1.06 bits per heavy atom. The molecule has 3 rings (SSSR count). The Morgan fingerprint density at radius 2 is 1.88 bits per heavy atom.